The molecular weight excluding hydrogens is 372 g/mol. The van der Waals surface area contributed by atoms with E-state index in [9.17, 15) is 5.11 Å². The summed E-state index contributed by atoms with van der Waals surface area (Å²) >= 11 is 0. The Balaban J connectivity index is 1.60. The van der Waals surface area contributed by atoms with Crippen LogP contribution in [0.1, 0.15) is 31.7 Å². The Hall–Kier alpha value is -3.24. The summed E-state index contributed by atoms with van der Waals surface area (Å²) in [7, 11) is 0. The number of benzene rings is 2. The highest BCUT2D eigenvalue weighted by molar-refractivity contribution is 5.69. The predicted molar refractivity (Wildman–Crippen MR) is 123 cm³/mol. The van der Waals surface area contributed by atoms with Gasteiger partial charge in [0.05, 0.1) is 18.5 Å². The fourth-order valence-corrected chi connectivity index (χ4v) is 3.04. The SMILES string of the molecule is C=CCOc1cnc(-c2ccc(-c3ccc(/C=C/CCCC(C)O)cc3)cc2)nc1. The van der Waals surface area contributed by atoms with E-state index in [0.29, 0.717) is 18.2 Å². The van der Waals surface area contributed by atoms with Gasteiger partial charge in [0.25, 0.3) is 0 Å². The standard InChI is InChI=1S/C26H28N2O2/c1-3-17-30-25-18-27-26(28-19-25)24-15-13-23(14-16-24)22-11-9-21(10-12-22)8-6-4-5-7-20(2)29/h3,6,8-16,18-20,29H,1,4-5,7,17H2,2H3/b8-6+. The minimum Gasteiger partial charge on any atom is -0.486 e. The third-order valence-corrected chi connectivity index (χ3v) is 4.69. The highest BCUT2D eigenvalue weighted by Gasteiger charge is 2.04. The van der Waals surface area contributed by atoms with Crippen molar-refractivity contribution in [3.8, 4) is 28.3 Å². The Morgan fingerprint density at radius 2 is 1.57 bits per heavy atom. The molecule has 154 valence electrons. The molecule has 2 aromatic carbocycles. The number of nitrogens with zero attached hydrogens (tertiary/aromatic N) is 2. The topological polar surface area (TPSA) is 55.2 Å². The molecule has 1 aromatic heterocycles. The first-order valence-electron chi connectivity index (χ1n) is 10.3. The van der Waals surface area contributed by atoms with E-state index in [1.54, 1.807) is 18.5 Å². The summed E-state index contributed by atoms with van der Waals surface area (Å²) in [5.41, 5.74) is 4.46. The summed E-state index contributed by atoms with van der Waals surface area (Å²) in [4.78, 5) is 8.75. The fraction of sp³-hybridized carbons (Fsp3) is 0.231. The highest BCUT2D eigenvalue weighted by Crippen LogP contribution is 2.24. The van der Waals surface area contributed by atoms with Crippen LogP contribution in [0.5, 0.6) is 5.75 Å². The summed E-state index contributed by atoms with van der Waals surface area (Å²) in [5.74, 6) is 1.30. The number of hydrogen-bond donors (Lipinski definition) is 1. The Morgan fingerprint density at radius 1 is 0.967 bits per heavy atom. The van der Waals surface area contributed by atoms with Crippen LogP contribution in [0.4, 0.5) is 0 Å². The largest absolute Gasteiger partial charge is 0.486 e. The quantitative estimate of drug-likeness (QED) is 0.338. The van der Waals surface area contributed by atoms with E-state index < -0.39 is 0 Å². The summed E-state index contributed by atoms with van der Waals surface area (Å²) in [6, 6.07) is 16.7. The van der Waals surface area contributed by atoms with E-state index in [-0.39, 0.29) is 6.10 Å². The van der Waals surface area contributed by atoms with Crippen LogP contribution in [-0.2, 0) is 0 Å². The highest BCUT2D eigenvalue weighted by atomic mass is 16.5. The molecule has 4 heteroatoms. The molecule has 0 saturated heterocycles. The van der Waals surface area contributed by atoms with Gasteiger partial charge in [-0.2, -0.15) is 0 Å². The number of aliphatic hydroxyl groups excluding tert-OH is 1. The second-order valence-electron chi connectivity index (χ2n) is 7.22. The first-order valence-corrected chi connectivity index (χ1v) is 10.3. The lowest BCUT2D eigenvalue weighted by Crippen LogP contribution is -1.97. The number of aromatic nitrogens is 2. The summed E-state index contributed by atoms with van der Waals surface area (Å²) in [6.45, 7) is 5.90. The Bertz CT molecular complexity index is 944. The molecule has 0 aliphatic rings. The molecule has 4 nitrogen and oxygen atoms in total. The van der Waals surface area contributed by atoms with Crippen molar-refractivity contribution in [1.82, 2.24) is 9.97 Å². The lowest BCUT2D eigenvalue weighted by atomic mass is 10.0. The monoisotopic (exact) mass is 400 g/mol. The molecule has 1 atom stereocenters. The molecule has 0 spiro atoms. The molecule has 0 aliphatic carbocycles. The van der Waals surface area contributed by atoms with Gasteiger partial charge in [-0.25, -0.2) is 9.97 Å². The average molecular weight is 401 g/mol. The van der Waals surface area contributed by atoms with Gasteiger partial charge < -0.3 is 9.84 Å². The molecule has 0 saturated carbocycles. The minimum absolute atomic E-state index is 0.216. The van der Waals surface area contributed by atoms with Gasteiger partial charge in [0, 0.05) is 5.56 Å². The maximum absolute atomic E-state index is 9.29. The lowest BCUT2D eigenvalue weighted by Gasteiger charge is -2.06. The molecular formula is C26H28N2O2. The average Bonchev–Trinajstić information content (AvgIpc) is 2.78. The zero-order valence-corrected chi connectivity index (χ0v) is 17.4. The van der Waals surface area contributed by atoms with Gasteiger partial charge in [-0.1, -0.05) is 73.3 Å². The second kappa shape index (κ2) is 11.1. The maximum atomic E-state index is 9.29. The minimum atomic E-state index is -0.216. The van der Waals surface area contributed by atoms with Crippen LogP contribution in [0, 0.1) is 0 Å². The van der Waals surface area contributed by atoms with Crippen molar-refractivity contribution in [1.29, 1.82) is 0 Å². The molecule has 1 heterocycles. The Labute approximate surface area is 178 Å². The molecule has 0 aliphatic heterocycles. The molecule has 0 bridgehead atoms. The predicted octanol–water partition coefficient (Wildman–Crippen LogP) is 5.94. The Kier molecular flexibility index (Phi) is 7.93. The number of aliphatic hydroxyl groups is 1. The number of hydrogen-bond acceptors (Lipinski definition) is 4. The first-order chi connectivity index (χ1) is 14.7. The summed E-state index contributed by atoms with van der Waals surface area (Å²) in [5, 5.41) is 9.29. The van der Waals surface area contributed by atoms with Crippen LogP contribution in [-0.4, -0.2) is 27.8 Å². The van der Waals surface area contributed by atoms with Crippen LogP contribution in [0.25, 0.3) is 28.6 Å². The molecule has 3 aromatic rings. The number of unbranched alkanes of at least 4 members (excludes halogenated alkanes) is 1. The van der Waals surface area contributed by atoms with Crippen molar-refractivity contribution in [2.45, 2.75) is 32.3 Å². The van der Waals surface area contributed by atoms with Crippen molar-refractivity contribution in [3.63, 3.8) is 0 Å². The number of rotatable bonds is 10. The van der Waals surface area contributed by atoms with Crippen LogP contribution in [0.2, 0.25) is 0 Å². The molecule has 0 fully saturated rings. The fourth-order valence-electron chi connectivity index (χ4n) is 3.04. The molecule has 1 N–H and O–H groups in total. The van der Waals surface area contributed by atoms with Crippen LogP contribution in [0.3, 0.4) is 0 Å². The zero-order valence-electron chi connectivity index (χ0n) is 17.4. The van der Waals surface area contributed by atoms with E-state index >= 15 is 0 Å². The molecule has 0 amide bonds. The second-order valence-corrected chi connectivity index (χ2v) is 7.22. The molecule has 30 heavy (non-hydrogen) atoms. The Morgan fingerprint density at radius 3 is 2.17 bits per heavy atom. The molecule has 1 unspecified atom stereocenters. The lowest BCUT2D eigenvalue weighted by molar-refractivity contribution is 0.182. The number of ether oxygens (including phenoxy) is 1. The van der Waals surface area contributed by atoms with Crippen LogP contribution in [0.15, 0.2) is 79.7 Å². The van der Waals surface area contributed by atoms with Gasteiger partial charge in [-0.3, -0.25) is 0 Å². The van der Waals surface area contributed by atoms with Crippen molar-refractivity contribution in [3.05, 3.63) is 85.2 Å². The molecule has 3 rings (SSSR count). The third-order valence-electron chi connectivity index (χ3n) is 4.69. The van der Waals surface area contributed by atoms with E-state index in [1.807, 2.05) is 19.1 Å². The number of allylic oxidation sites excluding steroid dienone is 1. The van der Waals surface area contributed by atoms with Crippen LogP contribution < -0.4 is 4.74 Å². The van der Waals surface area contributed by atoms with Crippen LogP contribution >= 0.6 is 0 Å². The van der Waals surface area contributed by atoms with Gasteiger partial charge in [-0.15, -0.1) is 0 Å². The molecule has 0 radical (unpaired) electrons. The van der Waals surface area contributed by atoms with Crippen molar-refractivity contribution in [2.24, 2.45) is 0 Å². The summed E-state index contributed by atoms with van der Waals surface area (Å²) < 4.78 is 5.42. The van der Waals surface area contributed by atoms with Crippen molar-refractivity contribution < 1.29 is 9.84 Å². The van der Waals surface area contributed by atoms with E-state index in [0.717, 1.165) is 30.4 Å². The van der Waals surface area contributed by atoms with E-state index in [2.05, 4.69) is 65.1 Å². The van der Waals surface area contributed by atoms with Gasteiger partial charge in [0.15, 0.2) is 11.6 Å². The third kappa shape index (κ3) is 6.39. The van der Waals surface area contributed by atoms with E-state index in [4.69, 9.17) is 4.74 Å². The van der Waals surface area contributed by atoms with Gasteiger partial charge in [-0.05, 0) is 42.9 Å². The van der Waals surface area contributed by atoms with Gasteiger partial charge in [0.1, 0.15) is 6.61 Å². The first kappa shape index (κ1) is 21.5. The smallest absolute Gasteiger partial charge is 0.159 e. The van der Waals surface area contributed by atoms with Gasteiger partial charge in [0.2, 0.25) is 0 Å². The normalized spacial score (nSPS) is 12.1. The van der Waals surface area contributed by atoms with Gasteiger partial charge >= 0.3 is 0 Å². The zero-order chi connectivity index (χ0) is 21.2. The maximum Gasteiger partial charge on any atom is 0.159 e. The van der Waals surface area contributed by atoms with Crippen molar-refractivity contribution in [2.75, 3.05) is 6.61 Å². The summed E-state index contributed by atoms with van der Waals surface area (Å²) in [6.07, 6.45) is 12.0. The van der Waals surface area contributed by atoms with E-state index in [1.165, 1.54) is 11.1 Å². The van der Waals surface area contributed by atoms with Crippen molar-refractivity contribution >= 4 is 6.08 Å².